The van der Waals surface area contributed by atoms with Gasteiger partial charge in [0.05, 0.1) is 6.42 Å². The summed E-state index contributed by atoms with van der Waals surface area (Å²) in [5, 5.41) is 8.15. The fourth-order valence-electron chi connectivity index (χ4n) is 0.606. The third kappa shape index (κ3) is 26.7. The van der Waals surface area contributed by atoms with E-state index >= 15 is 0 Å². The summed E-state index contributed by atoms with van der Waals surface area (Å²) >= 11 is 0. The topological polar surface area (TPSA) is 118 Å². The average Bonchev–Trinajstić information content (AvgIpc) is 2.16. The number of ether oxygens (including phenoxy) is 1. The second-order valence-corrected chi connectivity index (χ2v) is 4.52. The van der Waals surface area contributed by atoms with Crippen molar-refractivity contribution < 1.29 is 51.3 Å². The molecule has 0 bridgehead atoms. The summed E-state index contributed by atoms with van der Waals surface area (Å²) < 4.78 is 31.9. The number of carboxylic acids is 1. The van der Waals surface area contributed by atoms with E-state index in [1.807, 2.05) is 0 Å². The molecular formula is C10H17LiO7S. The number of hydrogen-bond donors (Lipinski definition) is 2. The van der Waals surface area contributed by atoms with Crippen LogP contribution >= 0.6 is 0 Å². The van der Waals surface area contributed by atoms with Crippen molar-refractivity contribution in [2.45, 2.75) is 19.8 Å². The molecule has 0 atom stereocenters. The molecule has 0 aromatic heterocycles. The van der Waals surface area contributed by atoms with Crippen molar-refractivity contribution in [1.29, 1.82) is 0 Å². The maximum absolute atomic E-state index is 10.5. The third-order valence-electron chi connectivity index (χ3n) is 1.27. The van der Waals surface area contributed by atoms with Crippen LogP contribution < -0.4 is 18.9 Å². The molecule has 2 N–H and O–H groups in total. The normalized spacial score (nSPS) is 10.1. The van der Waals surface area contributed by atoms with Gasteiger partial charge in [0.1, 0.15) is 6.61 Å². The van der Waals surface area contributed by atoms with Crippen LogP contribution in [0.2, 0.25) is 0 Å². The zero-order valence-electron chi connectivity index (χ0n) is 11.0. The van der Waals surface area contributed by atoms with Crippen LogP contribution in [-0.4, -0.2) is 42.4 Å². The number of aliphatic carboxylic acids is 1. The molecule has 0 rings (SSSR count). The summed E-state index contributed by atoms with van der Waals surface area (Å²) in [7, 11) is -3.74. The maximum Gasteiger partial charge on any atom is 1.00 e. The van der Waals surface area contributed by atoms with Crippen molar-refractivity contribution in [1.82, 2.24) is 0 Å². The quantitative estimate of drug-likeness (QED) is 0.185. The summed E-state index contributed by atoms with van der Waals surface area (Å²) in [6, 6.07) is 0. The van der Waals surface area contributed by atoms with Crippen LogP contribution in [0.25, 0.3) is 0 Å². The van der Waals surface area contributed by atoms with E-state index in [0.29, 0.717) is 0 Å². The van der Waals surface area contributed by atoms with Gasteiger partial charge in [0.15, 0.2) is 0 Å². The number of hydrogen-bond acceptors (Lipinski definition) is 5. The van der Waals surface area contributed by atoms with Gasteiger partial charge in [-0.25, -0.2) is 4.79 Å². The first-order valence-corrected chi connectivity index (χ1v) is 6.59. The molecule has 0 aliphatic heterocycles. The summed E-state index contributed by atoms with van der Waals surface area (Å²) in [4.78, 5) is 20.5. The molecule has 0 radical (unpaired) electrons. The Balaban J connectivity index is -0.000000280. The Labute approximate surface area is 124 Å². The number of allylic oxidation sites excluding steroid dienone is 1. The van der Waals surface area contributed by atoms with E-state index in [4.69, 9.17) is 9.66 Å². The largest absolute Gasteiger partial charge is 1.00 e. The monoisotopic (exact) mass is 288 g/mol. The Morgan fingerprint density at radius 2 is 1.89 bits per heavy atom. The average molecular weight is 288 g/mol. The molecule has 0 aromatic rings. The number of carboxylic acid groups (broad SMARTS) is 1. The SMILES string of the molecule is CC=CC(=O)OCCC(=O)O.[CH2-]CCS(=O)(=O)O.[Li+]. The van der Waals surface area contributed by atoms with Gasteiger partial charge < -0.3 is 16.8 Å². The van der Waals surface area contributed by atoms with E-state index in [-0.39, 0.29) is 44.1 Å². The third-order valence-corrected chi connectivity index (χ3v) is 2.07. The van der Waals surface area contributed by atoms with Gasteiger partial charge >= 0.3 is 30.8 Å². The first-order chi connectivity index (χ1) is 8.22. The van der Waals surface area contributed by atoms with Gasteiger partial charge in [-0.1, -0.05) is 6.08 Å². The van der Waals surface area contributed by atoms with Gasteiger partial charge in [-0.2, -0.15) is 14.8 Å². The van der Waals surface area contributed by atoms with E-state index in [0.717, 1.165) is 0 Å². The Morgan fingerprint density at radius 1 is 1.37 bits per heavy atom. The minimum atomic E-state index is -3.74. The molecule has 0 spiro atoms. The smallest absolute Gasteiger partial charge is 0.481 e. The van der Waals surface area contributed by atoms with Crippen LogP contribution in [-0.2, 0) is 24.4 Å². The maximum atomic E-state index is 10.5. The van der Waals surface area contributed by atoms with Crippen LogP contribution in [0, 0.1) is 6.92 Å². The fourth-order valence-corrected chi connectivity index (χ4v) is 0.970. The van der Waals surface area contributed by atoms with Gasteiger partial charge in [-0.05, 0) is 6.92 Å². The fraction of sp³-hybridized carbons (Fsp3) is 0.500. The van der Waals surface area contributed by atoms with Gasteiger partial charge in [0, 0.05) is 11.8 Å². The van der Waals surface area contributed by atoms with Gasteiger partial charge in [-0.3, -0.25) is 9.35 Å². The second-order valence-electron chi connectivity index (χ2n) is 2.95. The summed E-state index contributed by atoms with van der Waals surface area (Å²) in [5.41, 5.74) is 0. The Bertz CT molecular complexity index is 375. The van der Waals surface area contributed by atoms with E-state index in [1.54, 1.807) is 6.92 Å². The van der Waals surface area contributed by atoms with Crippen molar-refractivity contribution >= 4 is 22.1 Å². The molecule has 0 heterocycles. The van der Waals surface area contributed by atoms with Crippen LogP contribution in [0.4, 0.5) is 0 Å². The molecule has 0 aliphatic carbocycles. The minimum Gasteiger partial charge on any atom is -0.481 e. The molecule has 9 heteroatoms. The van der Waals surface area contributed by atoms with Gasteiger partial charge in [0.2, 0.25) is 0 Å². The van der Waals surface area contributed by atoms with E-state index in [2.05, 4.69) is 11.7 Å². The van der Waals surface area contributed by atoms with Crippen molar-refractivity contribution in [2.75, 3.05) is 12.4 Å². The second kappa shape index (κ2) is 13.6. The Hall–Kier alpha value is -0.813. The minimum absolute atomic E-state index is 0. The van der Waals surface area contributed by atoms with E-state index in [1.165, 1.54) is 12.2 Å². The molecule has 0 amide bonds. The van der Waals surface area contributed by atoms with Crippen LogP contribution in [0.1, 0.15) is 19.8 Å². The van der Waals surface area contributed by atoms with Crippen LogP contribution in [0.5, 0.6) is 0 Å². The molecule has 0 saturated heterocycles. The van der Waals surface area contributed by atoms with Gasteiger partial charge in [-0.15, -0.1) is 0 Å². The van der Waals surface area contributed by atoms with Crippen LogP contribution in [0.3, 0.4) is 0 Å². The predicted molar refractivity (Wildman–Crippen MR) is 64.4 cm³/mol. The van der Waals surface area contributed by atoms with E-state index < -0.39 is 22.1 Å². The molecule has 0 saturated carbocycles. The molecule has 7 nitrogen and oxygen atoms in total. The zero-order chi connectivity index (χ0) is 14.6. The molecule has 0 aliphatic rings. The number of carbonyl (C=O) groups excluding carboxylic acids is 1. The van der Waals surface area contributed by atoms with Crippen LogP contribution in [0.15, 0.2) is 12.2 Å². The number of carbonyl (C=O) groups is 2. The van der Waals surface area contributed by atoms with Gasteiger partial charge in [0.25, 0.3) is 10.1 Å². The number of esters is 1. The summed E-state index contributed by atoms with van der Waals surface area (Å²) in [6.07, 6.45) is 2.84. The summed E-state index contributed by atoms with van der Waals surface area (Å²) in [6.45, 7) is 4.84. The van der Waals surface area contributed by atoms with Crippen molar-refractivity contribution in [3.05, 3.63) is 19.1 Å². The molecule has 0 aromatic carbocycles. The standard InChI is InChI=1S/C7H10O4.C3H7O3S.Li/c1-2-3-7(10)11-5-4-6(8)9;1-2-3-7(4,5)6;/h2-3H,4-5H2,1H3,(H,8,9);1-3H2,(H,4,5,6);/q;-1;+1. The molecule has 19 heavy (non-hydrogen) atoms. The number of rotatable bonds is 6. The first kappa shape index (κ1) is 23.3. The molecule has 0 fully saturated rings. The predicted octanol–water partition coefficient (Wildman–Crippen LogP) is -2.32. The van der Waals surface area contributed by atoms with Crippen molar-refractivity contribution in [3.8, 4) is 0 Å². The van der Waals surface area contributed by atoms with Crippen molar-refractivity contribution in [2.24, 2.45) is 0 Å². The molecule has 106 valence electrons. The first-order valence-electron chi connectivity index (χ1n) is 4.98. The Morgan fingerprint density at radius 3 is 2.16 bits per heavy atom. The van der Waals surface area contributed by atoms with E-state index in [9.17, 15) is 18.0 Å². The summed E-state index contributed by atoms with van der Waals surface area (Å²) in [5.74, 6) is -1.72. The van der Waals surface area contributed by atoms with Crippen molar-refractivity contribution in [3.63, 3.8) is 0 Å². The zero-order valence-corrected chi connectivity index (χ0v) is 11.9. The molecule has 0 unspecified atom stereocenters. The molecular weight excluding hydrogens is 271 g/mol. The Kier molecular flexibility index (Phi) is 16.7.